The van der Waals surface area contributed by atoms with Crippen molar-refractivity contribution in [2.45, 2.75) is 40.0 Å². The second-order valence-corrected chi connectivity index (χ2v) is 9.32. The van der Waals surface area contributed by atoms with Gasteiger partial charge in [-0.25, -0.2) is 0 Å². The van der Waals surface area contributed by atoms with Gasteiger partial charge in [0.25, 0.3) is 18.1 Å². The molecule has 0 fully saturated rings. The first-order chi connectivity index (χ1) is 8.81. The highest BCUT2D eigenvalue weighted by atomic mass is 28.3. The van der Waals surface area contributed by atoms with Crippen LogP contribution in [-0.2, 0) is 18.3 Å². The van der Waals surface area contributed by atoms with Gasteiger partial charge in [0.1, 0.15) is 0 Å². The van der Waals surface area contributed by atoms with Crippen LogP contribution in [0.2, 0.25) is 13.1 Å². The molecule has 3 unspecified atom stereocenters. The van der Waals surface area contributed by atoms with E-state index in [1.165, 1.54) is 0 Å². The Bertz CT molecular complexity index is 284. The molecule has 0 spiro atoms. The van der Waals surface area contributed by atoms with Gasteiger partial charge >= 0.3 is 0 Å². The molecule has 3 atom stereocenters. The van der Waals surface area contributed by atoms with E-state index in [0.717, 1.165) is 11.5 Å². The average Bonchev–Trinajstić information content (AvgIpc) is 2.24. The molecule has 0 aromatic carbocycles. The van der Waals surface area contributed by atoms with Crippen molar-refractivity contribution in [2.24, 2.45) is 0 Å². The summed E-state index contributed by atoms with van der Waals surface area (Å²) in [5.74, 6) is 1.53. The quantitative estimate of drug-likeness (QED) is 0.433. The summed E-state index contributed by atoms with van der Waals surface area (Å²) in [6.45, 7) is 18.0. The first-order valence-electron chi connectivity index (χ1n) is 6.65. The SMILES string of the molecule is C=C(C)O[SiH](C)COCC(C)OC[SiH](C)OC(=C)C. The van der Waals surface area contributed by atoms with Gasteiger partial charge in [-0.3, -0.25) is 0 Å². The third-order valence-corrected chi connectivity index (χ3v) is 5.10. The maximum Gasteiger partial charge on any atom is 0.257 e. The van der Waals surface area contributed by atoms with E-state index in [0.29, 0.717) is 19.1 Å². The van der Waals surface area contributed by atoms with Crippen molar-refractivity contribution in [1.82, 2.24) is 0 Å². The maximum atomic E-state index is 5.70. The van der Waals surface area contributed by atoms with Crippen LogP contribution < -0.4 is 0 Å². The Morgan fingerprint density at radius 2 is 1.47 bits per heavy atom. The van der Waals surface area contributed by atoms with Crippen molar-refractivity contribution in [1.29, 1.82) is 0 Å². The molecule has 4 nitrogen and oxygen atoms in total. The molecular formula is C13H28O4Si2. The standard InChI is InChI=1S/C13H28O4Si2/c1-11(2)16-18(6)9-14-8-13(5)15-10-19(7)17-12(3)4/h13,18-19H,1,3,8-10H2,2,4-7H3. The van der Waals surface area contributed by atoms with E-state index in [1.807, 2.05) is 20.8 Å². The second kappa shape index (κ2) is 10.2. The molecule has 0 N–H and O–H groups in total. The number of ether oxygens (including phenoxy) is 2. The molecule has 0 aromatic heterocycles. The zero-order valence-corrected chi connectivity index (χ0v) is 15.2. The summed E-state index contributed by atoms with van der Waals surface area (Å²) in [6.07, 6.45) is 1.43. The Kier molecular flexibility index (Phi) is 9.94. The van der Waals surface area contributed by atoms with E-state index in [1.54, 1.807) is 0 Å². The zero-order valence-electron chi connectivity index (χ0n) is 12.9. The van der Waals surface area contributed by atoms with Crippen LogP contribution in [0.4, 0.5) is 0 Å². The van der Waals surface area contributed by atoms with E-state index >= 15 is 0 Å². The maximum absolute atomic E-state index is 5.70. The number of hydrogen-bond donors (Lipinski definition) is 0. The van der Waals surface area contributed by atoms with Gasteiger partial charge in [-0.1, -0.05) is 13.2 Å². The molecule has 0 saturated carbocycles. The van der Waals surface area contributed by atoms with Gasteiger partial charge in [-0.05, 0) is 33.9 Å². The Labute approximate surface area is 120 Å². The monoisotopic (exact) mass is 304 g/mol. The van der Waals surface area contributed by atoms with Crippen molar-refractivity contribution >= 4 is 18.1 Å². The molecule has 0 heterocycles. The van der Waals surface area contributed by atoms with Gasteiger partial charge in [0.2, 0.25) is 0 Å². The van der Waals surface area contributed by atoms with Crippen LogP contribution in [0.5, 0.6) is 0 Å². The van der Waals surface area contributed by atoms with Gasteiger partial charge in [0.15, 0.2) is 0 Å². The number of hydrogen-bond acceptors (Lipinski definition) is 4. The zero-order chi connectivity index (χ0) is 14.8. The highest BCUT2D eigenvalue weighted by Gasteiger charge is 2.11. The fourth-order valence-corrected chi connectivity index (χ4v) is 4.08. The molecule has 0 amide bonds. The lowest BCUT2D eigenvalue weighted by Gasteiger charge is -2.18. The van der Waals surface area contributed by atoms with Crippen LogP contribution in [0.25, 0.3) is 0 Å². The van der Waals surface area contributed by atoms with Crippen molar-refractivity contribution in [3.63, 3.8) is 0 Å². The normalized spacial score (nSPS) is 15.4. The van der Waals surface area contributed by atoms with Crippen LogP contribution in [0.1, 0.15) is 20.8 Å². The summed E-state index contributed by atoms with van der Waals surface area (Å²) in [4.78, 5) is 0. The third-order valence-electron chi connectivity index (χ3n) is 2.13. The van der Waals surface area contributed by atoms with Crippen molar-refractivity contribution in [3.8, 4) is 0 Å². The van der Waals surface area contributed by atoms with Crippen molar-refractivity contribution < 1.29 is 18.3 Å². The van der Waals surface area contributed by atoms with Crippen LogP contribution in [0.3, 0.4) is 0 Å². The van der Waals surface area contributed by atoms with Gasteiger partial charge in [0, 0.05) is 0 Å². The van der Waals surface area contributed by atoms with E-state index in [4.69, 9.17) is 18.3 Å². The van der Waals surface area contributed by atoms with Crippen LogP contribution >= 0.6 is 0 Å². The summed E-state index contributed by atoms with van der Waals surface area (Å²) >= 11 is 0. The minimum absolute atomic E-state index is 0.0784. The van der Waals surface area contributed by atoms with Crippen molar-refractivity contribution in [3.05, 3.63) is 24.7 Å². The summed E-state index contributed by atoms with van der Waals surface area (Å²) in [5.41, 5.74) is 0. The van der Waals surface area contributed by atoms with Gasteiger partial charge in [-0.2, -0.15) is 0 Å². The lowest BCUT2D eigenvalue weighted by Crippen LogP contribution is -2.28. The minimum Gasteiger partial charge on any atom is -0.548 e. The predicted molar refractivity (Wildman–Crippen MR) is 84.1 cm³/mol. The molecule has 0 saturated heterocycles. The van der Waals surface area contributed by atoms with Gasteiger partial charge in [0.05, 0.1) is 36.7 Å². The topological polar surface area (TPSA) is 36.9 Å². The first kappa shape index (κ1) is 18.4. The molecule has 0 bridgehead atoms. The molecular weight excluding hydrogens is 276 g/mol. The van der Waals surface area contributed by atoms with E-state index in [2.05, 4.69) is 26.3 Å². The Hall–Kier alpha value is -0.566. The Morgan fingerprint density at radius 3 is 1.95 bits per heavy atom. The Balaban J connectivity index is 3.61. The fraction of sp³-hybridized carbons (Fsp3) is 0.692. The van der Waals surface area contributed by atoms with Gasteiger partial charge < -0.3 is 18.3 Å². The summed E-state index contributed by atoms with van der Waals surface area (Å²) in [7, 11) is -2.58. The molecule has 0 aliphatic carbocycles. The Morgan fingerprint density at radius 1 is 1.00 bits per heavy atom. The first-order valence-corrected chi connectivity index (χ1v) is 11.5. The smallest absolute Gasteiger partial charge is 0.257 e. The largest absolute Gasteiger partial charge is 0.548 e. The molecule has 6 heteroatoms. The lowest BCUT2D eigenvalue weighted by atomic mass is 10.4. The number of rotatable bonds is 11. The summed E-state index contributed by atoms with van der Waals surface area (Å²) < 4.78 is 22.4. The van der Waals surface area contributed by atoms with Crippen LogP contribution in [-0.4, -0.2) is 43.3 Å². The molecule has 0 rings (SSSR count). The molecule has 0 aromatic rings. The highest BCUT2D eigenvalue weighted by molar-refractivity contribution is 6.50. The fourth-order valence-electron chi connectivity index (χ4n) is 1.50. The van der Waals surface area contributed by atoms with Crippen molar-refractivity contribution in [2.75, 3.05) is 19.1 Å². The van der Waals surface area contributed by atoms with Gasteiger partial charge in [-0.15, -0.1) is 0 Å². The molecule has 0 aliphatic heterocycles. The molecule has 19 heavy (non-hydrogen) atoms. The average molecular weight is 305 g/mol. The lowest BCUT2D eigenvalue weighted by molar-refractivity contribution is 0.0176. The van der Waals surface area contributed by atoms with E-state index in [9.17, 15) is 0 Å². The predicted octanol–water partition coefficient (Wildman–Crippen LogP) is 2.29. The molecule has 112 valence electrons. The third kappa shape index (κ3) is 12.2. The molecule has 0 radical (unpaired) electrons. The van der Waals surface area contributed by atoms with E-state index < -0.39 is 18.1 Å². The minimum atomic E-state index is -1.29. The number of allylic oxidation sites excluding steroid dienone is 2. The van der Waals surface area contributed by atoms with E-state index in [-0.39, 0.29) is 6.10 Å². The summed E-state index contributed by atoms with van der Waals surface area (Å²) in [6, 6.07) is 0. The van der Waals surface area contributed by atoms with Crippen LogP contribution in [0.15, 0.2) is 24.7 Å². The highest BCUT2D eigenvalue weighted by Crippen LogP contribution is 2.01. The summed E-state index contributed by atoms with van der Waals surface area (Å²) in [5, 5.41) is 0. The molecule has 0 aliphatic rings. The van der Waals surface area contributed by atoms with Crippen LogP contribution in [0, 0.1) is 0 Å². The second-order valence-electron chi connectivity index (χ2n) is 4.94.